The highest BCUT2D eigenvalue weighted by molar-refractivity contribution is 6.03. The third-order valence-electron chi connectivity index (χ3n) is 4.04. The molecule has 2 heterocycles. The van der Waals surface area contributed by atoms with Crippen LogP contribution in [0, 0.1) is 0 Å². The number of carbonyl (C=O) groups excluding carboxylic acids is 1. The van der Waals surface area contributed by atoms with Gasteiger partial charge in [-0.2, -0.15) is 5.10 Å². The molecule has 0 aliphatic rings. The molecule has 0 fully saturated rings. The highest BCUT2D eigenvalue weighted by Gasteiger charge is 2.27. The van der Waals surface area contributed by atoms with E-state index in [1.165, 1.54) is 0 Å². The van der Waals surface area contributed by atoms with Gasteiger partial charge in [-0.3, -0.25) is 9.78 Å². The van der Waals surface area contributed by atoms with E-state index in [-0.39, 0.29) is 29.3 Å². The molecule has 3 rings (SSSR count). The Morgan fingerprint density at radius 3 is 2.56 bits per heavy atom. The van der Waals surface area contributed by atoms with Crippen LogP contribution in [-0.2, 0) is 5.54 Å². The zero-order valence-corrected chi connectivity index (χ0v) is 16.6. The molecule has 0 saturated heterocycles. The van der Waals surface area contributed by atoms with E-state index in [4.69, 9.17) is 16.2 Å². The lowest BCUT2D eigenvalue weighted by Gasteiger charge is -2.20. The second-order valence-corrected chi connectivity index (χ2v) is 7.07. The molecule has 8 heteroatoms. The number of pyridine rings is 1. The van der Waals surface area contributed by atoms with E-state index in [1.807, 2.05) is 52.0 Å². The monoisotopic (exact) mass is 389 g/mol. The molecule has 0 radical (unpaired) electrons. The molecule has 0 bridgehead atoms. The summed E-state index contributed by atoms with van der Waals surface area (Å²) < 4.78 is 7.12. The highest BCUT2D eigenvalue weighted by atomic mass is 35.5. The average Bonchev–Trinajstić information content (AvgIpc) is 2.92. The lowest BCUT2D eigenvalue weighted by Crippen LogP contribution is -2.25. The minimum atomic E-state index is -0.611. The van der Waals surface area contributed by atoms with Gasteiger partial charge in [-0.1, -0.05) is 0 Å². The van der Waals surface area contributed by atoms with Gasteiger partial charge in [-0.05, 0) is 45.9 Å². The van der Waals surface area contributed by atoms with Crippen LogP contribution >= 0.6 is 12.4 Å². The number of hydrogen-bond donors (Lipinski definition) is 2. The summed E-state index contributed by atoms with van der Waals surface area (Å²) in [6, 6.07) is 7.60. The van der Waals surface area contributed by atoms with Crippen LogP contribution in [0.3, 0.4) is 0 Å². The standard InChI is InChI=1S/C19H23N5O2.ClH/c1-5-26-13-7-6-11-8-12(10-22-14(11)9-13)16-15(18(21)25)17(20)24(23-16)19(2,3)4;/h6-10H,5,20H2,1-4H3,(H2,21,25);1H. The molecule has 3 aromatic rings. The van der Waals surface area contributed by atoms with Gasteiger partial charge in [0.2, 0.25) is 0 Å². The van der Waals surface area contributed by atoms with Crippen LogP contribution in [0.1, 0.15) is 38.1 Å². The number of nitrogens with two attached hydrogens (primary N) is 2. The summed E-state index contributed by atoms with van der Waals surface area (Å²) in [7, 11) is 0. The molecule has 0 unspecified atom stereocenters. The van der Waals surface area contributed by atoms with Crippen molar-refractivity contribution in [3.63, 3.8) is 0 Å². The van der Waals surface area contributed by atoms with Crippen LogP contribution in [-0.4, -0.2) is 27.3 Å². The lowest BCUT2D eigenvalue weighted by molar-refractivity contribution is 0.100. The number of primary amides is 1. The van der Waals surface area contributed by atoms with Crippen molar-refractivity contribution in [3.05, 3.63) is 36.0 Å². The van der Waals surface area contributed by atoms with Crippen LogP contribution in [0.5, 0.6) is 5.75 Å². The van der Waals surface area contributed by atoms with Gasteiger partial charge in [0, 0.05) is 23.2 Å². The van der Waals surface area contributed by atoms with Crippen LogP contribution in [0.25, 0.3) is 22.2 Å². The number of aromatic nitrogens is 3. The molecule has 2 aromatic heterocycles. The van der Waals surface area contributed by atoms with E-state index < -0.39 is 5.91 Å². The van der Waals surface area contributed by atoms with Crippen LogP contribution in [0.15, 0.2) is 30.5 Å². The van der Waals surface area contributed by atoms with E-state index in [0.717, 1.165) is 16.7 Å². The predicted molar refractivity (Wildman–Crippen MR) is 109 cm³/mol. The average molecular weight is 390 g/mol. The fraction of sp³-hybridized carbons (Fsp3) is 0.316. The number of anilines is 1. The van der Waals surface area contributed by atoms with Gasteiger partial charge in [0.1, 0.15) is 22.8 Å². The first-order valence-electron chi connectivity index (χ1n) is 8.44. The van der Waals surface area contributed by atoms with Crippen LogP contribution < -0.4 is 16.2 Å². The van der Waals surface area contributed by atoms with Gasteiger partial charge in [0.05, 0.1) is 17.7 Å². The van der Waals surface area contributed by atoms with Gasteiger partial charge < -0.3 is 16.2 Å². The zero-order chi connectivity index (χ0) is 19.1. The Hall–Kier alpha value is -2.80. The molecule has 0 spiro atoms. The number of nitrogens with zero attached hydrogens (tertiary/aromatic N) is 3. The first-order valence-corrected chi connectivity index (χ1v) is 8.44. The first-order chi connectivity index (χ1) is 12.2. The SMILES string of the molecule is CCOc1ccc2cc(-c3nn(C(C)(C)C)c(N)c3C(N)=O)cnc2c1.Cl. The number of halogens is 1. The van der Waals surface area contributed by atoms with Crippen molar-refractivity contribution in [2.45, 2.75) is 33.2 Å². The number of rotatable bonds is 4. The molecule has 7 nitrogen and oxygen atoms in total. The van der Waals surface area contributed by atoms with Gasteiger partial charge in [-0.25, -0.2) is 4.68 Å². The molecule has 144 valence electrons. The Labute approximate surface area is 164 Å². The normalized spacial score (nSPS) is 11.3. The maximum absolute atomic E-state index is 12.0. The van der Waals surface area contributed by atoms with Crippen molar-refractivity contribution in [2.75, 3.05) is 12.3 Å². The quantitative estimate of drug-likeness (QED) is 0.711. The van der Waals surface area contributed by atoms with E-state index in [9.17, 15) is 4.79 Å². The Bertz CT molecular complexity index is 992. The number of fused-ring (bicyclic) bond motifs is 1. The summed E-state index contributed by atoms with van der Waals surface area (Å²) in [5.74, 6) is 0.408. The first kappa shape index (κ1) is 20.5. The maximum Gasteiger partial charge on any atom is 0.254 e. The topological polar surface area (TPSA) is 109 Å². The van der Waals surface area contributed by atoms with Crippen molar-refractivity contribution in [3.8, 4) is 17.0 Å². The number of carbonyl (C=O) groups is 1. The summed E-state index contributed by atoms with van der Waals surface area (Å²) in [4.78, 5) is 16.5. The van der Waals surface area contributed by atoms with Crippen molar-refractivity contribution >= 4 is 35.0 Å². The van der Waals surface area contributed by atoms with Crippen LogP contribution in [0.2, 0.25) is 0 Å². The third-order valence-corrected chi connectivity index (χ3v) is 4.04. The summed E-state index contributed by atoms with van der Waals surface area (Å²) >= 11 is 0. The maximum atomic E-state index is 12.0. The smallest absolute Gasteiger partial charge is 0.254 e. The molecule has 0 aliphatic carbocycles. The molecular formula is C19H24ClN5O2. The molecule has 1 amide bonds. The minimum Gasteiger partial charge on any atom is -0.494 e. The van der Waals surface area contributed by atoms with E-state index in [1.54, 1.807) is 10.9 Å². The molecule has 0 saturated carbocycles. The Kier molecular flexibility index (Phi) is 5.65. The Morgan fingerprint density at radius 2 is 1.96 bits per heavy atom. The largest absolute Gasteiger partial charge is 0.494 e. The summed E-state index contributed by atoms with van der Waals surface area (Å²) in [5.41, 5.74) is 13.5. The number of nitrogen functional groups attached to an aromatic ring is 1. The van der Waals surface area contributed by atoms with Gasteiger partial charge >= 0.3 is 0 Å². The van der Waals surface area contributed by atoms with Gasteiger partial charge in [0.25, 0.3) is 5.91 Å². The second-order valence-electron chi connectivity index (χ2n) is 7.07. The predicted octanol–water partition coefficient (Wildman–Crippen LogP) is 3.35. The van der Waals surface area contributed by atoms with Crippen molar-refractivity contribution < 1.29 is 9.53 Å². The summed E-state index contributed by atoms with van der Waals surface area (Å²) in [6.45, 7) is 8.40. The summed E-state index contributed by atoms with van der Waals surface area (Å²) in [5, 5.41) is 5.46. The number of ether oxygens (including phenoxy) is 1. The fourth-order valence-corrected chi connectivity index (χ4v) is 2.87. The van der Waals surface area contributed by atoms with Crippen molar-refractivity contribution in [1.29, 1.82) is 0 Å². The second kappa shape index (κ2) is 7.44. The molecular weight excluding hydrogens is 366 g/mol. The molecule has 4 N–H and O–H groups in total. The van der Waals surface area contributed by atoms with E-state index in [0.29, 0.717) is 17.9 Å². The Balaban J connectivity index is 0.00000261. The zero-order valence-electron chi connectivity index (χ0n) is 15.8. The molecule has 27 heavy (non-hydrogen) atoms. The molecule has 1 aromatic carbocycles. The van der Waals surface area contributed by atoms with Crippen molar-refractivity contribution in [1.82, 2.24) is 14.8 Å². The number of hydrogen-bond acceptors (Lipinski definition) is 5. The minimum absolute atomic E-state index is 0. The van der Waals surface area contributed by atoms with E-state index in [2.05, 4.69) is 10.1 Å². The fourth-order valence-electron chi connectivity index (χ4n) is 2.87. The summed E-state index contributed by atoms with van der Waals surface area (Å²) in [6.07, 6.45) is 1.67. The lowest BCUT2D eigenvalue weighted by atomic mass is 10.1. The number of amides is 1. The Morgan fingerprint density at radius 1 is 1.26 bits per heavy atom. The molecule has 0 aliphatic heterocycles. The van der Waals surface area contributed by atoms with Crippen LogP contribution in [0.4, 0.5) is 5.82 Å². The third kappa shape index (κ3) is 3.83. The van der Waals surface area contributed by atoms with E-state index >= 15 is 0 Å². The van der Waals surface area contributed by atoms with Gasteiger partial charge in [0.15, 0.2) is 0 Å². The number of benzene rings is 1. The van der Waals surface area contributed by atoms with Crippen molar-refractivity contribution in [2.24, 2.45) is 5.73 Å². The van der Waals surface area contributed by atoms with Gasteiger partial charge in [-0.15, -0.1) is 12.4 Å². The highest BCUT2D eigenvalue weighted by Crippen LogP contribution is 2.32. The molecule has 0 atom stereocenters.